The van der Waals surface area contributed by atoms with Gasteiger partial charge in [0.05, 0.1) is 29.7 Å². The molecular formula is C21H19N3O3. The standard InChI is InChI=1S/C21H19N3O3/c1-2-27-21(26)17-10-6-7-11-18(17)24-20(25)19-13-12-16(14-22-19)23-15-8-4-3-5-9-15/h3-14,23H,2H2,1H3,(H,24,25). The second kappa shape index (κ2) is 8.62. The summed E-state index contributed by atoms with van der Waals surface area (Å²) in [5, 5.41) is 5.92. The molecule has 136 valence electrons. The van der Waals surface area contributed by atoms with E-state index >= 15 is 0 Å². The second-order valence-electron chi connectivity index (χ2n) is 5.64. The number of para-hydroxylation sites is 2. The van der Waals surface area contributed by atoms with E-state index in [9.17, 15) is 9.59 Å². The van der Waals surface area contributed by atoms with Gasteiger partial charge in [0.25, 0.3) is 5.91 Å². The van der Waals surface area contributed by atoms with E-state index < -0.39 is 11.9 Å². The van der Waals surface area contributed by atoms with Crippen LogP contribution in [-0.2, 0) is 4.74 Å². The van der Waals surface area contributed by atoms with Crippen LogP contribution < -0.4 is 10.6 Å². The van der Waals surface area contributed by atoms with Crippen LogP contribution in [0.4, 0.5) is 17.1 Å². The minimum Gasteiger partial charge on any atom is -0.462 e. The van der Waals surface area contributed by atoms with Crippen LogP contribution >= 0.6 is 0 Å². The lowest BCUT2D eigenvalue weighted by molar-refractivity contribution is 0.0527. The number of rotatable bonds is 6. The molecule has 1 aromatic heterocycles. The average Bonchev–Trinajstić information content (AvgIpc) is 2.70. The number of carbonyl (C=O) groups is 2. The number of esters is 1. The van der Waals surface area contributed by atoms with Gasteiger partial charge >= 0.3 is 5.97 Å². The molecule has 0 aliphatic carbocycles. The molecule has 3 rings (SSSR count). The SMILES string of the molecule is CCOC(=O)c1ccccc1NC(=O)c1ccc(Nc2ccccc2)cn1. The lowest BCUT2D eigenvalue weighted by Gasteiger charge is -2.10. The maximum Gasteiger partial charge on any atom is 0.340 e. The molecule has 1 heterocycles. The summed E-state index contributed by atoms with van der Waals surface area (Å²) >= 11 is 0. The molecular weight excluding hydrogens is 342 g/mol. The molecule has 0 aliphatic heterocycles. The predicted molar refractivity (Wildman–Crippen MR) is 104 cm³/mol. The van der Waals surface area contributed by atoms with Crippen molar-refractivity contribution in [3.05, 3.63) is 84.2 Å². The van der Waals surface area contributed by atoms with Gasteiger partial charge in [-0.15, -0.1) is 0 Å². The Labute approximate surface area is 157 Å². The molecule has 2 aromatic carbocycles. The summed E-state index contributed by atoms with van der Waals surface area (Å²) in [5.74, 6) is -0.887. The fourth-order valence-corrected chi connectivity index (χ4v) is 2.46. The molecule has 0 radical (unpaired) electrons. The third-order valence-electron chi connectivity index (χ3n) is 3.73. The number of amides is 1. The van der Waals surface area contributed by atoms with Gasteiger partial charge in [-0.2, -0.15) is 0 Å². The zero-order valence-electron chi connectivity index (χ0n) is 14.8. The van der Waals surface area contributed by atoms with Crippen LogP contribution in [0.2, 0.25) is 0 Å². The second-order valence-corrected chi connectivity index (χ2v) is 5.64. The fourth-order valence-electron chi connectivity index (χ4n) is 2.46. The summed E-state index contributed by atoms with van der Waals surface area (Å²) in [6.45, 7) is 1.99. The fraction of sp³-hybridized carbons (Fsp3) is 0.0952. The topological polar surface area (TPSA) is 80.3 Å². The van der Waals surface area contributed by atoms with E-state index in [-0.39, 0.29) is 12.3 Å². The van der Waals surface area contributed by atoms with Gasteiger partial charge in [-0.1, -0.05) is 30.3 Å². The number of benzene rings is 2. The molecule has 27 heavy (non-hydrogen) atoms. The van der Waals surface area contributed by atoms with E-state index in [1.165, 1.54) is 0 Å². The number of nitrogens with one attached hydrogen (secondary N) is 2. The summed E-state index contributed by atoms with van der Waals surface area (Å²) < 4.78 is 5.01. The van der Waals surface area contributed by atoms with Crippen LogP contribution in [0.5, 0.6) is 0 Å². The Morgan fingerprint density at radius 3 is 2.37 bits per heavy atom. The molecule has 6 nitrogen and oxygen atoms in total. The van der Waals surface area contributed by atoms with Gasteiger partial charge < -0.3 is 15.4 Å². The first-order valence-electron chi connectivity index (χ1n) is 8.53. The zero-order chi connectivity index (χ0) is 19.1. The molecule has 0 saturated carbocycles. The molecule has 0 spiro atoms. The molecule has 0 aliphatic rings. The van der Waals surface area contributed by atoms with Gasteiger partial charge in [-0.3, -0.25) is 4.79 Å². The Morgan fingerprint density at radius 2 is 1.67 bits per heavy atom. The van der Waals surface area contributed by atoms with Crippen LogP contribution in [0.15, 0.2) is 72.9 Å². The Kier molecular flexibility index (Phi) is 5.79. The van der Waals surface area contributed by atoms with Crippen molar-refractivity contribution in [2.45, 2.75) is 6.92 Å². The number of hydrogen-bond acceptors (Lipinski definition) is 5. The van der Waals surface area contributed by atoms with Gasteiger partial charge in [-0.25, -0.2) is 9.78 Å². The van der Waals surface area contributed by atoms with Gasteiger partial charge in [0.1, 0.15) is 5.69 Å². The summed E-state index contributed by atoms with van der Waals surface area (Å²) in [4.78, 5) is 28.7. The molecule has 1 amide bonds. The van der Waals surface area contributed by atoms with E-state index in [1.54, 1.807) is 49.5 Å². The highest BCUT2D eigenvalue weighted by atomic mass is 16.5. The third-order valence-corrected chi connectivity index (χ3v) is 3.73. The summed E-state index contributed by atoms with van der Waals surface area (Å²) in [6, 6.07) is 19.8. The Balaban J connectivity index is 1.71. The number of nitrogens with zero attached hydrogens (tertiary/aromatic N) is 1. The predicted octanol–water partition coefficient (Wildman–Crippen LogP) is 4.25. The van der Waals surface area contributed by atoms with E-state index in [0.717, 1.165) is 11.4 Å². The van der Waals surface area contributed by atoms with E-state index in [1.807, 2.05) is 30.3 Å². The van der Waals surface area contributed by atoms with Crippen LogP contribution in [0, 0.1) is 0 Å². The van der Waals surface area contributed by atoms with E-state index in [0.29, 0.717) is 11.3 Å². The summed E-state index contributed by atoms with van der Waals surface area (Å²) in [7, 11) is 0. The van der Waals surface area contributed by atoms with Gasteiger partial charge in [0.15, 0.2) is 0 Å². The monoisotopic (exact) mass is 361 g/mol. The molecule has 2 N–H and O–H groups in total. The first kappa shape index (κ1) is 18.1. The minimum atomic E-state index is -0.483. The number of carbonyl (C=O) groups excluding carboxylic acids is 2. The molecule has 6 heteroatoms. The van der Waals surface area contributed by atoms with Crippen molar-refractivity contribution in [2.75, 3.05) is 17.2 Å². The van der Waals surface area contributed by atoms with E-state index in [2.05, 4.69) is 15.6 Å². The van der Waals surface area contributed by atoms with Crippen LogP contribution in [-0.4, -0.2) is 23.5 Å². The number of ether oxygens (including phenoxy) is 1. The van der Waals surface area contributed by atoms with Crippen LogP contribution in [0.1, 0.15) is 27.8 Å². The lowest BCUT2D eigenvalue weighted by Crippen LogP contribution is -2.17. The highest BCUT2D eigenvalue weighted by Crippen LogP contribution is 2.18. The van der Waals surface area contributed by atoms with Crippen molar-refractivity contribution in [3.63, 3.8) is 0 Å². The molecule has 0 fully saturated rings. The highest BCUT2D eigenvalue weighted by molar-refractivity contribution is 6.07. The van der Waals surface area contributed by atoms with E-state index in [4.69, 9.17) is 4.74 Å². The van der Waals surface area contributed by atoms with Gasteiger partial charge in [0.2, 0.25) is 0 Å². The van der Waals surface area contributed by atoms with Gasteiger partial charge in [0, 0.05) is 5.69 Å². The van der Waals surface area contributed by atoms with Crippen LogP contribution in [0.25, 0.3) is 0 Å². The summed E-state index contributed by atoms with van der Waals surface area (Å²) in [6.07, 6.45) is 1.58. The largest absolute Gasteiger partial charge is 0.462 e. The molecule has 0 saturated heterocycles. The molecule has 0 atom stereocenters. The minimum absolute atomic E-state index is 0.243. The number of hydrogen-bond donors (Lipinski definition) is 2. The smallest absolute Gasteiger partial charge is 0.340 e. The number of aromatic nitrogens is 1. The quantitative estimate of drug-likeness (QED) is 0.642. The first-order chi connectivity index (χ1) is 13.2. The maximum absolute atomic E-state index is 12.5. The number of pyridine rings is 1. The Morgan fingerprint density at radius 1 is 0.926 bits per heavy atom. The van der Waals surface area contributed by atoms with Crippen molar-refractivity contribution in [1.29, 1.82) is 0 Å². The zero-order valence-corrected chi connectivity index (χ0v) is 14.8. The Hall–Kier alpha value is -3.67. The molecule has 0 unspecified atom stereocenters. The number of anilines is 3. The third kappa shape index (κ3) is 4.70. The highest BCUT2D eigenvalue weighted by Gasteiger charge is 2.15. The summed E-state index contributed by atoms with van der Waals surface area (Å²) in [5.41, 5.74) is 2.63. The van der Waals surface area contributed by atoms with Crippen molar-refractivity contribution >= 4 is 28.9 Å². The molecule has 0 bridgehead atoms. The maximum atomic E-state index is 12.5. The van der Waals surface area contributed by atoms with Crippen LogP contribution in [0.3, 0.4) is 0 Å². The average molecular weight is 361 g/mol. The van der Waals surface area contributed by atoms with Crippen molar-refractivity contribution in [1.82, 2.24) is 4.98 Å². The molecule has 3 aromatic rings. The van der Waals surface area contributed by atoms with Crippen molar-refractivity contribution in [2.24, 2.45) is 0 Å². The van der Waals surface area contributed by atoms with Crippen molar-refractivity contribution < 1.29 is 14.3 Å². The van der Waals surface area contributed by atoms with Gasteiger partial charge in [-0.05, 0) is 43.3 Å². The Bertz CT molecular complexity index is 925. The van der Waals surface area contributed by atoms with Crippen molar-refractivity contribution in [3.8, 4) is 0 Å². The lowest BCUT2D eigenvalue weighted by atomic mass is 10.1. The first-order valence-corrected chi connectivity index (χ1v) is 8.53. The normalized spacial score (nSPS) is 10.1.